The van der Waals surface area contributed by atoms with Gasteiger partial charge in [-0.15, -0.1) is 0 Å². The summed E-state index contributed by atoms with van der Waals surface area (Å²) in [5.41, 5.74) is -0.351. The molecule has 3 heteroatoms. The Bertz CT molecular complexity index is 288. The van der Waals surface area contributed by atoms with E-state index in [1.54, 1.807) is 0 Å². The van der Waals surface area contributed by atoms with E-state index < -0.39 is 0 Å². The Morgan fingerprint density at radius 3 is 2.33 bits per heavy atom. The van der Waals surface area contributed by atoms with E-state index in [4.69, 9.17) is 0 Å². The number of nitrogens with one attached hydrogen (secondary N) is 1. The molecule has 2 unspecified atom stereocenters. The van der Waals surface area contributed by atoms with Gasteiger partial charge >= 0.3 is 0 Å². The molecule has 1 heterocycles. The Kier molecular flexibility index (Phi) is 5.20. The SMILES string of the molecule is CCC1(C)NC(CC(C)C)N(CCC(C)C)C1=O. The van der Waals surface area contributed by atoms with E-state index in [1.807, 2.05) is 6.92 Å². The largest absolute Gasteiger partial charge is 0.326 e. The molecular weight excluding hydrogens is 224 g/mol. The van der Waals surface area contributed by atoms with Crippen LogP contribution in [0.1, 0.15) is 60.8 Å². The molecule has 1 saturated heterocycles. The van der Waals surface area contributed by atoms with E-state index in [0.29, 0.717) is 11.8 Å². The lowest BCUT2D eigenvalue weighted by molar-refractivity contribution is -0.133. The molecule has 18 heavy (non-hydrogen) atoms. The molecule has 0 aromatic carbocycles. The highest BCUT2D eigenvalue weighted by Crippen LogP contribution is 2.27. The fraction of sp³-hybridized carbons (Fsp3) is 0.933. The first kappa shape index (κ1) is 15.5. The molecule has 106 valence electrons. The number of rotatable bonds is 6. The Morgan fingerprint density at radius 1 is 1.28 bits per heavy atom. The highest BCUT2D eigenvalue weighted by molar-refractivity contribution is 5.88. The topological polar surface area (TPSA) is 32.3 Å². The van der Waals surface area contributed by atoms with Gasteiger partial charge in [0.25, 0.3) is 0 Å². The van der Waals surface area contributed by atoms with Gasteiger partial charge in [0.1, 0.15) is 0 Å². The molecule has 1 fully saturated rings. The lowest BCUT2D eigenvalue weighted by Crippen LogP contribution is -2.44. The molecule has 1 amide bonds. The van der Waals surface area contributed by atoms with Crippen LogP contribution in [0.15, 0.2) is 0 Å². The van der Waals surface area contributed by atoms with E-state index in [9.17, 15) is 4.79 Å². The second-order valence-electron chi connectivity index (χ2n) is 6.66. The maximum absolute atomic E-state index is 12.5. The number of hydrogen-bond acceptors (Lipinski definition) is 2. The van der Waals surface area contributed by atoms with Crippen LogP contribution in [-0.2, 0) is 4.79 Å². The van der Waals surface area contributed by atoms with Crippen molar-refractivity contribution < 1.29 is 4.79 Å². The van der Waals surface area contributed by atoms with Gasteiger partial charge in [0.05, 0.1) is 11.7 Å². The summed E-state index contributed by atoms with van der Waals surface area (Å²) in [4.78, 5) is 14.6. The van der Waals surface area contributed by atoms with Crippen LogP contribution in [0.5, 0.6) is 0 Å². The van der Waals surface area contributed by atoms with Crippen molar-refractivity contribution in [2.75, 3.05) is 6.54 Å². The van der Waals surface area contributed by atoms with E-state index in [-0.39, 0.29) is 17.6 Å². The van der Waals surface area contributed by atoms with Gasteiger partial charge in [-0.3, -0.25) is 10.1 Å². The first-order valence-electron chi connectivity index (χ1n) is 7.39. The molecule has 1 aliphatic rings. The number of carbonyl (C=O) groups excluding carboxylic acids is 1. The molecule has 0 aromatic rings. The predicted molar refractivity (Wildman–Crippen MR) is 76.2 cm³/mol. The van der Waals surface area contributed by atoms with Crippen molar-refractivity contribution in [3.63, 3.8) is 0 Å². The minimum Gasteiger partial charge on any atom is -0.326 e. The van der Waals surface area contributed by atoms with Crippen LogP contribution >= 0.6 is 0 Å². The fourth-order valence-corrected chi connectivity index (χ4v) is 2.51. The predicted octanol–water partition coefficient (Wildman–Crippen LogP) is 3.01. The van der Waals surface area contributed by atoms with Crippen molar-refractivity contribution >= 4 is 5.91 Å². The van der Waals surface area contributed by atoms with E-state index in [1.165, 1.54) is 0 Å². The third-order valence-electron chi connectivity index (χ3n) is 3.94. The Hall–Kier alpha value is -0.570. The molecule has 0 saturated carbocycles. The molecular formula is C15H30N2O. The fourth-order valence-electron chi connectivity index (χ4n) is 2.51. The minimum atomic E-state index is -0.351. The summed E-state index contributed by atoms with van der Waals surface area (Å²) in [7, 11) is 0. The van der Waals surface area contributed by atoms with Crippen molar-refractivity contribution in [3.8, 4) is 0 Å². The van der Waals surface area contributed by atoms with Crippen LogP contribution in [-0.4, -0.2) is 29.1 Å². The van der Waals surface area contributed by atoms with Crippen LogP contribution in [0.3, 0.4) is 0 Å². The maximum atomic E-state index is 12.5. The van der Waals surface area contributed by atoms with Crippen molar-refractivity contribution in [1.29, 1.82) is 0 Å². The Labute approximate surface area is 112 Å². The summed E-state index contributed by atoms with van der Waals surface area (Å²) in [5, 5.41) is 3.55. The Balaban J connectivity index is 2.76. The highest BCUT2D eigenvalue weighted by atomic mass is 16.2. The molecule has 0 spiro atoms. The first-order chi connectivity index (χ1) is 8.30. The van der Waals surface area contributed by atoms with Crippen molar-refractivity contribution in [2.24, 2.45) is 11.8 Å². The molecule has 0 radical (unpaired) electrons. The standard InChI is InChI=1S/C15H30N2O/c1-7-15(6)14(18)17(9-8-11(2)3)13(16-15)10-12(4)5/h11-13,16H,7-10H2,1-6H3. The number of amides is 1. The summed E-state index contributed by atoms with van der Waals surface area (Å²) in [5.74, 6) is 1.54. The zero-order chi connectivity index (χ0) is 13.9. The lowest BCUT2D eigenvalue weighted by atomic mass is 9.99. The second-order valence-corrected chi connectivity index (χ2v) is 6.66. The second kappa shape index (κ2) is 6.05. The van der Waals surface area contributed by atoms with Crippen LogP contribution in [0.25, 0.3) is 0 Å². The third-order valence-corrected chi connectivity index (χ3v) is 3.94. The van der Waals surface area contributed by atoms with Gasteiger partial charge in [0.15, 0.2) is 0 Å². The number of carbonyl (C=O) groups is 1. The average molecular weight is 254 g/mol. The van der Waals surface area contributed by atoms with E-state index in [2.05, 4.69) is 44.8 Å². The molecule has 3 nitrogen and oxygen atoms in total. The van der Waals surface area contributed by atoms with Crippen molar-refractivity contribution in [2.45, 2.75) is 72.5 Å². The average Bonchev–Trinajstić information content (AvgIpc) is 2.49. The zero-order valence-electron chi connectivity index (χ0n) is 12.9. The van der Waals surface area contributed by atoms with Crippen LogP contribution in [0.2, 0.25) is 0 Å². The normalized spacial score (nSPS) is 28.8. The summed E-state index contributed by atoms with van der Waals surface area (Å²) in [6, 6.07) is 0. The van der Waals surface area contributed by atoms with Gasteiger partial charge in [-0.25, -0.2) is 0 Å². The van der Waals surface area contributed by atoms with Crippen LogP contribution < -0.4 is 5.32 Å². The summed E-state index contributed by atoms with van der Waals surface area (Å²) >= 11 is 0. The molecule has 2 atom stereocenters. The number of nitrogens with zero attached hydrogens (tertiary/aromatic N) is 1. The molecule has 1 aliphatic heterocycles. The van der Waals surface area contributed by atoms with Gasteiger partial charge in [-0.2, -0.15) is 0 Å². The molecule has 0 aromatic heterocycles. The van der Waals surface area contributed by atoms with Crippen LogP contribution in [0.4, 0.5) is 0 Å². The summed E-state index contributed by atoms with van der Waals surface area (Å²) in [6.45, 7) is 13.9. The van der Waals surface area contributed by atoms with Gasteiger partial charge < -0.3 is 4.90 Å². The van der Waals surface area contributed by atoms with Gasteiger partial charge in [-0.05, 0) is 38.0 Å². The quantitative estimate of drug-likeness (QED) is 0.790. The Morgan fingerprint density at radius 2 is 1.89 bits per heavy atom. The van der Waals surface area contributed by atoms with Crippen LogP contribution in [0, 0.1) is 11.8 Å². The number of hydrogen-bond donors (Lipinski definition) is 1. The highest BCUT2D eigenvalue weighted by Gasteiger charge is 2.46. The van der Waals surface area contributed by atoms with Gasteiger partial charge in [0, 0.05) is 6.54 Å². The van der Waals surface area contributed by atoms with Crippen molar-refractivity contribution in [1.82, 2.24) is 10.2 Å². The van der Waals surface area contributed by atoms with E-state index in [0.717, 1.165) is 25.8 Å². The van der Waals surface area contributed by atoms with E-state index >= 15 is 0 Å². The summed E-state index contributed by atoms with van der Waals surface area (Å²) in [6.07, 6.45) is 3.21. The minimum absolute atomic E-state index is 0.223. The molecule has 0 bridgehead atoms. The molecule has 0 aliphatic carbocycles. The molecule has 1 N–H and O–H groups in total. The monoisotopic (exact) mass is 254 g/mol. The third kappa shape index (κ3) is 3.47. The van der Waals surface area contributed by atoms with Gasteiger partial charge in [-0.1, -0.05) is 34.6 Å². The zero-order valence-corrected chi connectivity index (χ0v) is 12.9. The first-order valence-corrected chi connectivity index (χ1v) is 7.39. The maximum Gasteiger partial charge on any atom is 0.243 e. The van der Waals surface area contributed by atoms with Gasteiger partial charge in [0.2, 0.25) is 5.91 Å². The molecule has 1 rings (SSSR count). The smallest absolute Gasteiger partial charge is 0.243 e. The summed E-state index contributed by atoms with van der Waals surface area (Å²) < 4.78 is 0. The lowest BCUT2D eigenvalue weighted by Gasteiger charge is -2.26. The van der Waals surface area contributed by atoms with Crippen molar-refractivity contribution in [3.05, 3.63) is 0 Å².